The number of esters is 1. The number of nitrogens with zero attached hydrogens (tertiary/aromatic N) is 2. The maximum atomic E-state index is 12.4. The third kappa shape index (κ3) is 2.73. The SMILES string of the molecule is CC(=O)[C@H](C)OC(=O)c1cc(-c2ccco2)nc2onc(C)c12. The Morgan fingerprint density at radius 1 is 1.35 bits per heavy atom. The summed E-state index contributed by atoms with van der Waals surface area (Å²) in [6, 6.07) is 4.97. The van der Waals surface area contributed by atoms with Crippen LogP contribution < -0.4 is 0 Å². The average Bonchev–Trinajstić information content (AvgIpc) is 3.16. The molecule has 0 fully saturated rings. The van der Waals surface area contributed by atoms with Crippen molar-refractivity contribution < 1.29 is 23.3 Å². The van der Waals surface area contributed by atoms with Gasteiger partial charge in [0.1, 0.15) is 5.69 Å². The van der Waals surface area contributed by atoms with Crippen LogP contribution in [0.5, 0.6) is 0 Å². The molecule has 0 unspecified atom stereocenters. The number of carbonyl (C=O) groups excluding carboxylic acids is 2. The fourth-order valence-corrected chi connectivity index (χ4v) is 2.11. The van der Waals surface area contributed by atoms with Crippen molar-refractivity contribution in [2.45, 2.75) is 26.9 Å². The summed E-state index contributed by atoms with van der Waals surface area (Å²) in [4.78, 5) is 28.1. The predicted molar refractivity (Wildman–Crippen MR) is 79.8 cm³/mol. The molecule has 1 atom stereocenters. The smallest absolute Gasteiger partial charge is 0.339 e. The summed E-state index contributed by atoms with van der Waals surface area (Å²) in [5.41, 5.74) is 1.37. The molecule has 0 amide bonds. The monoisotopic (exact) mass is 314 g/mol. The second-order valence-corrected chi connectivity index (χ2v) is 5.14. The first kappa shape index (κ1) is 15.0. The van der Waals surface area contributed by atoms with E-state index in [0.29, 0.717) is 22.5 Å². The highest BCUT2D eigenvalue weighted by atomic mass is 16.5. The summed E-state index contributed by atoms with van der Waals surface area (Å²) in [5, 5.41) is 4.29. The van der Waals surface area contributed by atoms with Crippen LogP contribution in [-0.4, -0.2) is 28.0 Å². The van der Waals surface area contributed by atoms with E-state index in [0.717, 1.165) is 0 Å². The fourth-order valence-electron chi connectivity index (χ4n) is 2.11. The lowest BCUT2D eigenvalue weighted by Gasteiger charge is -2.11. The average molecular weight is 314 g/mol. The molecule has 118 valence electrons. The molecule has 3 rings (SSSR count). The van der Waals surface area contributed by atoms with Crippen molar-refractivity contribution in [1.82, 2.24) is 10.1 Å². The number of furan rings is 1. The number of hydrogen-bond donors (Lipinski definition) is 0. The van der Waals surface area contributed by atoms with E-state index in [1.165, 1.54) is 20.1 Å². The molecule has 7 nitrogen and oxygen atoms in total. The van der Waals surface area contributed by atoms with Crippen LogP contribution in [-0.2, 0) is 9.53 Å². The third-order valence-electron chi connectivity index (χ3n) is 3.47. The largest absolute Gasteiger partial charge is 0.463 e. The molecule has 3 heterocycles. The highest BCUT2D eigenvalue weighted by Gasteiger charge is 2.23. The molecule has 0 aromatic carbocycles. The lowest BCUT2D eigenvalue weighted by Crippen LogP contribution is -2.22. The Kier molecular flexibility index (Phi) is 3.69. The van der Waals surface area contributed by atoms with Gasteiger partial charge >= 0.3 is 5.97 Å². The van der Waals surface area contributed by atoms with Gasteiger partial charge in [-0.15, -0.1) is 0 Å². The van der Waals surface area contributed by atoms with Crippen molar-refractivity contribution in [3.63, 3.8) is 0 Å². The van der Waals surface area contributed by atoms with E-state index in [4.69, 9.17) is 13.7 Å². The normalized spacial score (nSPS) is 12.3. The molecule has 0 spiro atoms. The first-order valence-corrected chi connectivity index (χ1v) is 6.99. The Morgan fingerprint density at radius 3 is 2.78 bits per heavy atom. The van der Waals surface area contributed by atoms with Gasteiger partial charge in [-0.1, -0.05) is 5.16 Å². The van der Waals surface area contributed by atoms with Crippen molar-refractivity contribution in [3.8, 4) is 11.5 Å². The summed E-state index contributed by atoms with van der Waals surface area (Å²) in [5.74, 6) is -0.397. The Hall–Kier alpha value is -2.96. The van der Waals surface area contributed by atoms with Gasteiger partial charge in [0.2, 0.25) is 0 Å². The van der Waals surface area contributed by atoms with E-state index in [1.807, 2.05) is 0 Å². The van der Waals surface area contributed by atoms with Crippen molar-refractivity contribution in [3.05, 3.63) is 35.7 Å². The molecular formula is C16H14N2O5. The number of ketones is 1. The molecule has 3 aromatic rings. The zero-order valence-electron chi connectivity index (χ0n) is 12.8. The minimum absolute atomic E-state index is 0.207. The van der Waals surface area contributed by atoms with E-state index in [2.05, 4.69) is 10.1 Å². The van der Waals surface area contributed by atoms with Gasteiger partial charge in [-0.2, -0.15) is 0 Å². The van der Waals surface area contributed by atoms with Gasteiger partial charge in [-0.25, -0.2) is 9.78 Å². The van der Waals surface area contributed by atoms with Gasteiger partial charge < -0.3 is 13.7 Å². The summed E-state index contributed by atoms with van der Waals surface area (Å²) < 4.78 is 15.6. The predicted octanol–water partition coefficient (Wildman–Crippen LogP) is 2.93. The number of aromatic nitrogens is 2. The van der Waals surface area contributed by atoms with Crippen LogP contribution in [0.25, 0.3) is 22.6 Å². The van der Waals surface area contributed by atoms with Crippen LogP contribution >= 0.6 is 0 Å². The molecule has 0 aliphatic carbocycles. The van der Waals surface area contributed by atoms with Crippen molar-refractivity contribution >= 4 is 22.9 Å². The van der Waals surface area contributed by atoms with E-state index in [-0.39, 0.29) is 17.1 Å². The number of ether oxygens (including phenoxy) is 1. The summed E-state index contributed by atoms with van der Waals surface area (Å²) >= 11 is 0. The zero-order chi connectivity index (χ0) is 16.6. The molecule has 0 aliphatic rings. The molecule has 0 N–H and O–H groups in total. The topological polar surface area (TPSA) is 95.4 Å². The van der Waals surface area contributed by atoms with Gasteiger partial charge in [-0.3, -0.25) is 4.79 Å². The number of hydrogen-bond acceptors (Lipinski definition) is 7. The number of Topliss-reactive ketones (excluding diaryl/α,β-unsaturated/α-hetero) is 1. The Labute approximate surface area is 131 Å². The number of carbonyl (C=O) groups is 2. The molecule has 0 saturated heterocycles. The number of rotatable bonds is 4. The van der Waals surface area contributed by atoms with Crippen LogP contribution in [0.15, 0.2) is 33.4 Å². The van der Waals surface area contributed by atoms with Crippen LogP contribution in [0.4, 0.5) is 0 Å². The first-order valence-electron chi connectivity index (χ1n) is 6.99. The number of pyridine rings is 1. The lowest BCUT2D eigenvalue weighted by molar-refractivity contribution is -0.124. The zero-order valence-corrected chi connectivity index (χ0v) is 12.8. The quantitative estimate of drug-likeness (QED) is 0.683. The van der Waals surface area contributed by atoms with Crippen molar-refractivity contribution in [2.24, 2.45) is 0 Å². The summed E-state index contributed by atoms with van der Waals surface area (Å²) in [7, 11) is 0. The molecule has 0 bridgehead atoms. The van der Waals surface area contributed by atoms with Crippen LogP contribution in [0, 0.1) is 6.92 Å². The molecule has 7 heteroatoms. The molecule has 3 aromatic heterocycles. The van der Waals surface area contributed by atoms with E-state index < -0.39 is 12.1 Å². The van der Waals surface area contributed by atoms with Gasteiger partial charge in [0, 0.05) is 0 Å². The standard InChI is InChI=1S/C16H14N2O5/c1-8-14-11(16(20)22-10(3)9(2)19)7-12(13-5-4-6-21-13)17-15(14)23-18-8/h4-7,10H,1-3H3/t10-/m0/s1. The Bertz CT molecular complexity index is 879. The van der Waals surface area contributed by atoms with Crippen molar-refractivity contribution in [2.75, 3.05) is 0 Å². The molecule has 0 aliphatic heterocycles. The highest BCUT2D eigenvalue weighted by Crippen LogP contribution is 2.28. The van der Waals surface area contributed by atoms with E-state index in [1.54, 1.807) is 25.1 Å². The second-order valence-electron chi connectivity index (χ2n) is 5.14. The maximum absolute atomic E-state index is 12.4. The van der Waals surface area contributed by atoms with E-state index >= 15 is 0 Å². The first-order chi connectivity index (χ1) is 11.0. The molecular weight excluding hydrogens is 300 g/mol. The van der Waals surface area contributed by atoms with Gasteiger partial charge in [0.25, 0.3) is 5.71 Å². The van der Waals surface area contributed by atoms with Gasteiger partial charge in [-0.05, 0) is 39.0 Å². The second kappa shape index (κ2) is 5.68. The molecule has 23 heavy (non-hydrogen) atoms. The summed E-state index contributed by atoms with van der Waals surface area (Å²) in [6.45, 7) is 4.58. The Morgan fingerprint density at radius 2 is 2.13 bits per heavy atom. The van der Waals surface area contributed by atoms with E-state index in [9.17, 15) is 9.59 Å². The van der Waals surface area contributed by atoms with Crippen LogP contribution in [0.1, 0.15) is 29.9 Å². The highest BCUT2D eigenvalue weighted by molar-refractivity contribution is 6.04. The number of aryl methyl sites for hydroxylation is 1. The van der Waals surface area contributed by atoms with Crippen LogP contribution in [0.2, 0.25) is 0 Å². The Balaban J connectivity index is 2.12. The minimum Gasteiger partial charge on any atom is -0.463 e. The minimum atomic E-state index is -0.835. The van der Waals surface area contributed by atoms with Gasteiger partial charge in [0.05, 0.1) is 22.9 Å². The molecule has 0 radical (unpaired) electrons. The van der Waals surface area contributed by atoms with Crippen molar-refractivity contribution in [1.29, 1.82) is 0 Å². The molecule has 0 saturated carbocycles. The fraction of sp³-hybridized carbons (Fsp3) is 0.250. The third-order valence-corrected chi connectivity index (χ3v) is 3.47. The maximum Gasteiger partial charge on any atom is 0.339 e. The van der Waals surface area contributed by atoms with Crippen LogP contribution in [0.3, 0.4) is 0 Å². The number of fused-ring (bicyclic) bond motifs is 1. The lowest BCUT2D eigenvalue weighted by atomic mass is 10.1. The van der Waals surface area contributed by atoms with Gasteiger partial charge in [0.15, 0.2) is 17.6 Å². The summed E-state index contributed by atoms with van der Waals surface area (Å²) in [6.07, 6.45) is 0.667.